The van der Waals surface area contributed by atoms with Gasteiger partial charge in [0.1, 0.15) is 5.75 Å². The zero-order chi connectivity index (χ0) is 15.0. The van der Waals surface area contributed by atoms with Crippen molar-refractivity contribution in [2.24, 2.45) is 7.05 Å². The quantitative estimate of drug-likeness (QED) is 0.736. The smallest absolute Gasteiger partial charge is 0.259 e. The van der Waals surface area contributed by atoms with Crippen LogP contribution < -0.4 is 10.3 Å². The van der Waals surface area contributed by atoms with Crippen molar-refractivity contribution < 1.29 is 4.74 Å². The third-order valence-corrected chi connectivity index (χ3v) is 4.96. The van der Waals surface area contributed by atoms with Crippen LogP contribution >= 0.6 is 11.3 Å². The van der Waals surface area contributed by atoms with Gasteiger partial charge in [-0.25, -0.2) is 0 Å². The van der Waals surface area contributed by atoms with Crippen LogP contribution in [0.15, 0.2) is 41.3 Å². The molecule has 3 aromatic rings. The molecular weight excluding hydrogens is 282 g/mol. The molecular formula is C17H17NO2S. The molecule has 4 heteroatoms. The minimum Gasteiger partial charge on any atom is -0.497 e. The topological polar surface area (TPSA) is 31.2 Å². The van der Waals surface area contributed by atoms with Crippen molar-refractivity contribution >= 4 is 21.4 Å². The second-order valence-corrected chi connectivity index (χ2v) is 6.13. The maximum Gasteiger partial charge on any atom is 0.259 e. The normalized spacial score (nSPS) is 11.0. The summed E-state index contributed by atoms with van der Waals surface area (Å²) in [6, 6.07) is 9.98. The van der Waals surface area contributed by atoms with E-state index >= 15 is 0 Å². The third-order valence-electron chi connectivity index (χ3n) is 3.65. The summed E-state index contributed by atoms with van der Waals surface area (Å²) in [5.74, 6) is 0.834. The van der Waals surface area contributed by atoms with Crippen LogP contribution in [0.4, 0.5) is 0 Å². The number of thiophene rings is 1. The molecule has 0 bridgehead atoms. The van der Waals surface area contributed by atoms with Crippen molar-refractivity contribution in [2.45, 2.75) is 13.3 Å². The van der Waals surface area contributed by atoms with E-state index in [-0.39, 0.29) is 5.56 Å². The molecule has 0 fully saturated rings. The summed E-state index contributed by atoms with van der Waals surface area (Å²) < 4.78 is 7.93. The van der Waals surface area contributed by atoms with Gasteiger partial charge in [0.05, 0.1) is 12.5 Å². The molecule has 3 rings (SSSR count). The Morgan fingerprint density at radius 1 is 1.24 bits per heavy atom. The van der Waals surface area contributed by atoms with Crippen LogP contribution in [0.3, 0.4) is 0 Å². The minimum atomic E-state index is 0.0678. The van der Waals surface area contributed by atoms with E-state index in [9.17, 15) is 4.79 Å². The summed E-state index contributed by atoms with van der Waals surface area (Å²) in [7, 11) is 3.46. The van der Waals surface area contributed by atoms with Gasteiger partial charge in [-0.2, -0.15) is 0 Å². The number of hydrogen-bond acceptors (Lipinski definition) is 3. The van der Waals surface area contributed by atoms with Gasteiger partial charge >= 0.3 is 0 Å². The van der Waals surface area contributed by atoms with E-state index in [2.05, 4.69) is 6.92 Å². The van der Waals surface area contributed by atoms with E-state index < -0.39 is 0 Å². The second-order valence-electron chi connectivity index (χ2n) is 5.00. The fraction of sp³-hybridized carbons (Fsp3) is 0.235. The number of hydrogen-bond donors (Lipinski definition) is 0. The standard InChI is InChI=1S/C17H17NO2S/c1-4-13-9-14-16(21-13)15(10-18(2)17(14)19)11-5-7-12(20-3)8-6-11/h5-10H,4H2,1-3H3. The number of rotatable bonds is 3. The van der Waals surface area contributed by atoms with Gasteiger partial charge in [-0.15, -0.1) is 11.3 Å². The number of aromatic nitrogens is 1. The monoisotopic (exact) mass is 299 g/mol. The van der Waals surface area contributed by atoms with Crippen molar-refractivity contribution in [2.75, 3.05) is 7.11 Å². The van der Waals surface area contributed by atoms with Crippen LogP contribution in [0.2, 0.25) is 0 Å². The summed E-state index contributed by atoms with van der Waals surface area (Å²) in [4.78, 5) is 13.5. The molecule has 0 aliphatic carbocycles. The molecule has 0 saturated heterocycles. The molecule has 2 aromatic heterocycles. The number of ether oxygens (including phenoxy) is 1. The Labute approximate surface area is 127 Å². The van der Waals surface area contributed by atoms with E-state index in [4.69, 9.17) is 4.74 Å². The highest BCUT2D eigenvalue weighted by Gasteiger charge is 2.12. The minimum absolute atomic E-state index is 0.0678. The van der Waals surface area contributed by atoms with E-state index in [0.717, 1.165) is 33.4 Å². The fourth-order valence-electron chi connectivity index (χ4n) is 2.45. The average Bonchev–Trinajstić information content (AvgIpc) is 2.95. The molecule has 0 atom stereocenters. The van der Waals surface area contributed by atoms with E-state index in [1.807, 2.05) is 36.5 Å². The summed E-state index contributed by atoms with van der Waals surface area (Å²) in [6.07, 6.45) is 2.87. The number of pyridine rings is 1. The molecule has 3 nitrogen and oxygen atoms in total. The van der Waals surface area contributed by atoms with Gasteiger partial charge in [0.2, 0.25) is 0 Å². The number of methoxy groups -OCH3 is 1. The lowest BCUT2D eigenvalue weighted by atomic mass is 10.1. The predicted octanol–water partition coefficient (Wildman–Crippen LogP) is 3.84. The molecule has 0 N–H and O–H groups in total. The van der Waals surface area contributed by atoms with Crippen LogP contribution in [-0.2, 0) is 13.5 Å². The van der Waals surface area contributed by atoms with Crippen molar-refractivity contribution in [3.05, 3.63) is 51.8 Å². The Bertz CT molecular complexity index is 844. The van der Waals surface area contributed by atoms with Gasteiger partial charge in [0.15, 0.2) is 0 Å². The van der Waals surface area contributed by atoms with Crippen LogP contribution in [0.25, 0.3) is 21.2 Å². The van der Waals surface area contributed by atoms with E-state index in [1.54, 1.807) is 30.1 Å². The highest BCUT2D eigenvalue weighted by molar-refractivity contribution is 7.19. The molecule has 21 heavy (non-hydrogen) atoms. The molecule has 1 aromatic carbocycles. The Hall–Kier alpha value is -2.07. The van der Waals surface area contributed by atoms with Crippen LogP contribution in [-0.4, -0.2) is 11.7 Å². The zero-order valence-corrected chi connectivity index (χ0v) is 13.2. The molecule has 0 aliphatic heterocycles. The number of fused-ring (bicyclic) bond motifs is 1. The molecule has 0 amide bonds. The number of aryl methyl sites for hydroxylation is 2. The molecule has 0 saturated carbocycles. The van der Waals surface area contributed by atoms with Crippen molar-refractivity contribution in [1.29, 1.82) is 0 Å². The van der Waals surface area contributed by atoms with Crippen molar-refractivity contribution in [3.63, 3.8) is 0 Å². The SMILES string of the molecule is CCc1cc2c(=O)n(C)cc(-c3ccc(OC)cc3)c2s1. The summed E-state index contributed by atoms with van der Waals surface area (Å²) in [6.45, 7) is 2.11. The first-order chi connectivity index (χ1) is 10.1. The lowest BCUT2D eigenvalue weighted by Gasteiger charge is -2.07. The lowest BCUT2D eigenvalue weighted by Crippen LogP contribution is -2.15. The lowest BCUT2D eigenvalue weighted by molar-refractivity contribution is 0.415. The molecule has 0 spiro atoms. The molecule has 2 heterocycles. The molecule has 0 radical (unpaired) electrons. The van der Waals surface area contributed by atoms with Gasteiger partial charge in [0.25, 0.3) is 5.56 Å². The Morgan fingerprint density at radius 2 is 1.95 bits per heavy atom. The van der Waals surface area contributed by atoms with Crippen molar-refractivity contribution in [3.8, 4) is 16.9 Å². The molecule has 108 valence electrons. The predicted molar refractivity (Wildman–Crippen MR) is 88.4 cm³/mol. The van der Waals surface area contributed by atoms with Crippen LogP contribution in [0.1, 0.15) is 11.8 Å². The maximum absolute atomic E-state index is 12.3. The van der Waals surface area contributed by atoms with Gasteiger partial charge in [-0.3, -0.25) is 4.79 Å². The van der Waals surface area contributed by atoms with Gasteiger partial charge in [-0.05, 0) is 30.2 Å². The Morgan fingerprint density at radius 3 is 2.57 bits per heavy atom. The Kier molecular flexibility index (Phi) is 3.55. The van der Waals surface area contributed by atoms with E-state index in [1.165, 1.54) is 4.88 Å². The fourth-order valence-corrected chi connectivity index (χ4v) is 3.57. The maximum atomic E-state index is 12.3. The largest absolute Gasteiger partial charge is 0.497 e. The third kappa shape index (κ3) is 2.36. The Balaban J connectivity index is 2.27. The van der Waals surface area contributed by atoms with Gasteiger partial charge < -0.3 is 9.30 Å². The van der Waals surface area contributed by atoms with Crippen LogP contribution in [0.5, 0.6) is 5.75 Å². The number of benzene rings is 1. The second kappa shape index (κ2) is 5.37. The summed E-state index contributed by atoms with van der Waals surface area (Å²) in [5.41, 5.74) is 2.26. The first kappa shape index (κ1) is 13.9. The van der Waals surface area contributed by atoms with Crippen molar-refractivity contribution in [1.82, 2.24) is 4.57 Å². The summed E-state index contributed by atoms with van der Waals surface area (Å²) in [5, 5.41) is 0.813. The number of nitrogens with zero attached hydrogens (tertiary/aromatic N) is 1. The van der Waals surface area contributed by atoms with E-state index in [0.29, 0.717) is 0 Å². The highest BCUT2D eigenvalue weighted by Crippen LogP contribution is 2.33. The molecule has 0 aliphatic rings. The zero-order valence-electron chi connectivity index (χ0n) is 12.3. The first-order valence-electron chi connectivity index (χ1n) is 6.90. The summed E-state index contributed by atoms with van der Waals surface area (Å²) >= 11 is 1.71. The van der Waals surface area contributed by atoms with Crippen LogP contribution in [0, 0.1) is 0 Å². The average molecular weight is 299 g/mol. The highest BCUT2D eigenvalue weighted by atomic mass is 32.1. The first-order valence-corrected chi connectivity index (χ1v) is 7.72. The molecule has 0 unspecified atom stereocenters. The van der Waals surface area contributed by atoms with Gasteiger partial charge in [0, 0.05) is 28.4 Å². The van der Waals surface area contributed by atoms with Gasteiger partial charge in [-0.1, -0.05) is 19.1 Å².